The molecule has 0 N–H and O–H groups in total. The van der Waals surface area contributed by atoms with Crippen molar-refractivity contribution in [1.82, 2.24) is 14.7 Å². The average Bonchev–Trinajstić information content (AvgIpc) is 2.68. The van der Waals surface area contributed by atoms with Gasteiger partial charge in [0.1, 0.15) is 5.69 Å². The minimum absolute atomic E-state index is 0.119. The molecule has 2 aliphatic rings. The smallest absolute Gasteiger partial charge is 0.274 e. The predicted octanol–water partition coefficient (Wildman–Crippen LogP) is 2.02. The second-order valence-corrected chi connectivity index (χ2v) is 6.56. The van der Waals surface area contributed by atoms with Crippen molar-refractivity contribution in [2.24, 2.45) is 0 Å². The van der Waals surface area contributed by atoms with Crippen LogP contribution < -0.4 is 5.56 Å². The molecular formula is C19H21N3O3. The summed E-state index contributed by atoms with van der Waals surface area (Å²) in [5.74, 6) is -0.120. The molecule has 2 fully saturated rings. The minimum Gasteiger partial charge on any atom is -0.374 e. The molecule has 2 heterocycles. The van der Waals surface area contributed by atoms with Gasteiger partial charge in [-0.25, -0.2) is 0 Å². The maximum atomic E-state index is 13.0. The molecule has 1 amide bonds. The van der Waals surface area contributed by atoms with Crippen molar-refractivity contribution < 1.29 is 9.53 Å². The van der Waals surface area contributed by atoms with Crippen LogP contribution in [0.4, 0.5) is 0 Å². The molecule has 1 saturated heterocycles. The normalized spacial score (nSPS) is 23.1. The number of amides is 1. The molecule has 0 unspecified atom stereocenters. The van der Waals surface area contributed by atoms with E-state index < -0.39 is 0 Å². The van der Waals surface area contributed by atoms with Gasteiger partial charge in [-0.3, -0.25) is 9.59 Å². The molecule has 6 heteroatoms. The van der Waals surface area contributed by atoms with Gasteiger partial charge in [0.05, 0.1) is 24.4 Å². The van der Waals surface area contributed by atoms with E-state index in [0.717, 1.165) is 25.7 Å². The third kappa shape index (κ3) is 3.09. The summed E-state index contributed by atoms with van der Waals surface area (Å²) < 4.78 is 7.12. The number of fused-ring (bicyclic) bond motifs is 1. The molecule has 1 aliphatic heterocycles. The van der Waals surface area contributed by atoms with Gasteiger partial charge in [0.25, 0.3) is 11.5 Å². The fourth-order valence-corrected chi connectivity index (χ4v) is 3.78. The Bertz CT molecular complexity index is 816. The van der Waals surface area contributed by atoms with E-state index in [1.807, 2.05) is 23.1 Å². The Hall–Kier alpha value is -2.47. The second kappa shape index (κ2) is 6.80. The van der Waals surface area contributed by atoms with E-state index in [9.17, 15) is 9.59 Å². The highest BCUT2D eigenvalue weighted by atomic mass is 16.5. The van der Waals surface area contributed by atoms with Gasteiger partial charge in [-0.2, -0.15) is 9.78 Å². The van der Waals surface area contributed by atoms with Gasteiger partial charge in [-0.1, -0.05) is 31.0 Å². The Morgan fingerprint density at radius 1 is 1.08 bits per heavy atom. The summed E-state index contributed by atoms with van der Waals surface area (Å²) in [5.41, 5.74) is 0.703. The molecule has 1 saturated carbocycles. The highest BCUT2D eigenvalue weighted by Gasteiger charge is 2.37. The third-order valence-electron chi connectivity index (χ3n) is 5.01. The number of para-hydroxylation sites is 1. The van der Waals surface area contributed by atoms with Crippen LogP contribution in [0.2, 0.25) is 0 Å². The van der Waals surface area contributed by atoms with Crippen molar-refractivity contribution in [1.29, 1.82) is 0 Å². The molecule has 25 heavy (non-hydrogen) atoms. The fourth-order valence-electron chi connectivity index (χ4n) is 3.78. The molecule has 1 aromatic heterocycles. The molecular weight excluding hydrogens is 318 g/mol. The van der Waals surface area contributed by atoms with Crippen LogP contribution in [0.3, 0.4) is 0 Å². The third-order valence-corrected chi connectivity index (χ3v) is 5.01. The first kappa shape index (κ1) is 16.0. The molecule has 1 aliphatic carbocycles. The van der Waals surface area contributed by atoms with E-state index in [0.29, 0.717) is 24.5 Å². The van der Waals surface area contributed by atoms with Crippen molar-refractivity contribution >= 4 is 5.91 Å². The van der Waals surface area contributed by atoms with E-state index in [2.05, 4.69) is 5.10 Å². The van der Waals surface area contributed by atoms with Crippen LogP contribution in [0.1, 0.15) is 36.2 Å². The van der Waals surface area contributed by atoms with E-state index in [-0.39, 0.29) is 23.6 Å². The number of benzene rings is 1. The van der Waals surface area contributed by atoms with Gasteiger partial charge in [0.2, 0.25) is 0 Å². The molecule has 4 rings (SSSR count). The summed E-state index contributed by atoms with van der Waals surface area (Å²) in [4.78, 5) is 27.1. The molecule has 0 radical (unpaired) electrons. The lowest BCUT2D eigenvalue weighted by Crippen LogP contribution is -2.55. The first-order valence-corrected chi connectivity index (χ1v) is 8.82. The van der Waals surface area contributed by atoms with Crippen molar-refractivity contribution in [3.8, 4) is 5.69 Å². The number of nitrogens with zero attached hydrogens (tertiary/aromatic N) is 3. The Labute approximate surface area is 146 Å². The number of ether oxygens (including phenoxy) is 1. The first-order chi connectivity index (χ1) is 12.2. The Kier molecular flexibility index (Phi) is 4.36. The zero-order valence-electron chi connectivity index (χ0n) is 14.0. The Morgan fingerprint density at radius 2 is 1.88 bits per heavy atom. The Morgan fingerprint density at radius 3 is 2.72 bits per heavy atom. The summed E-state index contributed by atoms with van der Waals surface area (Å²) in [5, 5.41) is 4.33. The van der Waals surface area contributed by atoms with Crippen molar-refractivity contribution in [2.75, 3.05) is 13.2 Å². The number of carbonyl (C=O) groups is 1. The lowest BCUT2D eigenvalue weighted by Gasteiger charge is -2.43. The minimum atomic E-state index is -0.250. The number of carbonyl (C=O) groups excluding carboxylic acids is 1. The van der Waals surface area contributed by atoms with Crippen molar-refractivity contribution in [3.63, 3.8) is 0 Å². The van der Waals surface area contributed by atoms with Gasteiger partial charge in [-0.15, -0.1) is 0 Å². The molecule has 2 aromatic rings. The van der Waals surface area contributed by atoms with Crippen molar-refractivity contribution in [3.05, 3.63) is 58.5 Å². The topological polar surface area (TPSA) is 64.4 Å². The van der Waals surface area contributed by atoms with Gasteiger partial charge < -0.3 is 9.64 Å². The first-order valence-electron chi connectivity index (χ1n) is 8.82. The standard InChI is InChI=1S/C19H21N3O3/c23-18-11-10-15(20-22(18)14-6-2-1-3-7-14)19(24)21-12-13-25-17-9-5-4-8-16(17)21/h1-3,6-7,10-11,16-17H,4-5,8-9,12-13H2/t16-,17+/m0/s1. The maximum absolute atomic E-state index is 13.0. The van der Waals surface area contributed by atoms with Crippen molar-refractivity contribution in [2.45, 2.75) is 37.8 Å². The van der Waals surface area contributed by atoms with E-state index in [4.69, 9.17) is 4.74 Å². The summed E-state index contributed by atoms with van der Waals surface area (Å²) in [6, 6.07) is 12.2. The zero-order valence-corrected chi connectivity index (χ0v) is 14.0. The Balaban J connectivity index is 1.65. The fraction of sp³-hybridized carbons (Fsp3) is 0.421. The largest absolute Gasteiger partial charge is 0.374 e. The molecule has 2 atom stereocenters. The number of aromatic nitrogens is 2. The quantitative estimate of drug-likeness (QED) is 0.840. The summed E-state index contributed by atoms with van der Waals surface area (Å²) in [7, 11) is 0. The average molecular weight is 339 g/mol. The number of hydrogen-bond donors (Lipinski definition) is 0. The lowest BCUT2D eigenvalue weighted by molar-refractivity contribution is -0.0754. The van der Waals surface area contributed by atoms with Crippen LogP contribution in [0, 0.1) is 0 Å². The predicted molar refractivity (Wildman–Crippen MR) is 92.9 cm³/mol. The molecule has 0 bridgehead atoms. The lowest BCUT2D eigenvalue weighted by atomic mass is 9.90. The summed E-state index contributed by atoms with van der Waals surface area (Å²) in [6.45, 7) is 1.14. The van der Waals surface area contributed by atoms with Crippen LogP contribution in [-0.4, -0.2) is 45.9 Å². The molecule has 1 aromatic carbocycles. The SMILES string of the molecule is O=C(c1ccc(=O)n(-c2ccccc2)n1)N1CCO[C@@H]2CCCC[C@@H]21. The van der Waals surface area contributed by atoms with Crippen LogP contribution in [0.5, 0.6) is 0 Å². The second-order valence-electron chi connectivity index (χ2n) is 6.56. The molecule has 130 valence electrons. The zero-order chi connectivity index (χ0) is 17.2. The highest BCUT2D eigenvalue weighted by Crippen LogP contribution is 2.29. The van der Waals surface area contributed by atoms with Crippen LogP contribution in [0.15, 0.2) is 47.3 Å². The number of morpholine rings is 1. The maximum Gasteiger partial charge on any atom is 0.274 e. The van der Waals surface area contributed by atoms with Gasteiger partial charge >= 0.3 is 0 Å². The van der Waals surface area contributed by atoms with Crippen LogP contribution >= 0.6 is 0 Å². The molecule has 0 spiro atoms. The van der Waals surface area contributed by atoms with Gasteiger partial charge in [-0.05, 0) is 31.0 Å². The van der Waals surface area contributed by atoms with Crippen LogP contribution in [0.25, 0.3) is 5.69 Å². The van der Waals surface area contributed by atoms with E-state index in [1.165, 1.54) is 16.8 Å². The monoisotopic (exact) mass is 339 g/mol. The van der Waals surface area contributed by atoms with Gasteiger partial charge in [0.15, 0.2) is 0 Å². The van der Waals surface area contributed by atoms with E-state index >= 15 is 0 Å². The summed E-state index contributed by atoms with van der Waals surface area (Å²) >= 11 is 0. The van der Waals surface area contributed by atoms with Gasteiger partial charge in [0, 0.05) is 12.6 Å². The number of rotatable bonds is 2. The number of hydrogen-bond acceptors (Lipinski definition) is 4. The van der Waals surface area contributed by atoms with E-state index in [1.54, 1.807) is 12.1 Å². The molecule has 6 nitrogen and oxygen atoms in total. The highest BCUT2D eigenvalue weighted by molar-refractivity contribution is 5.92. The van der Waals surface area contributed by atoms with Crippen LogP contribution in [-0.2, 0) is 4.74 Å². The summed E-state index contributed by atoms with van der Waals surface area (Å²) in [6.07, 6.45) is 4.37.